The summed E-state index contributed by atoms with van der Waals surface area (Å²) >= 11 is 0. The zero-order chi connectivity index (χ0) is 16.9. The standard InChI is InChI=1S/C15H20F3N3O2/c1-2-19-14(22)21-11-4-6-12(7-5-11)23-13-8-3-10(9-20-13)15(16,17)18/h3,8-9,11-12H,2,4-7H2,1H3,(H2,19,21,22). The number of ether oxygens (including phenoxy) is 1. The van der Waals surface area contributed by atoms with Gasteiger partial charge in [0, 0.05) is 24.8 Å². The zero-order valence-corrected chi connectivity index (χ0v) is 12.8. The second-order valence-corrected chi connectivity index (χ2v) is 5.48. The van der Waals surface area contributed by atoms with Gasteiger partial charge in [0.2, 0.25) is 5.88 Å². The molecule has 8 heteroatoms. The Balaban J connectivity index is 1.79. The molecule has 0 atom stereocenters. The average molecular weight is 331 g/mol. The van der Waals surface area contributed by atoms with Crippen molar-refractivity contribution in [1.29, 1.82) is 0 Å². The van der Waals surface area contributed by atoms with Crippen LogP contribution in [0.2, 0.25) is 0 Å². The molecule has 1 heterocycles. The number of amides is 2. The van der Waals surface area contributed by atoms with Gasteiger partial charge in [0.1, 0.15) is 6.10 Å². The van der Waals surface area contributed by atoms with Gasteiger partial charge in [-0.05, 0) is 38.7 Å². The summed E-state index contributed by atoms with van der Waals surface area (Å²) < 4.78 is 43.0. The first kappa shape index (κ1) is 17.4. The van der Waals surface area contributed by atoms with Gasteiger partial charge in [-0.2, -0.15) is 13.2 Å². The maximum Gasteiger partial charge on any atom is 0.417 e. The number of halogens is 3. The molecule has 0 saturated heterocycles. The lowest BCUT2D eigenvalue weighted by atomic mass is 9.93. The smallest absolute Gasteiger partial charge is 0.417 e. The molecule has 5 nitrogen and oxygen atoms in total. The average Bonchev–Trinajstić information content (AvgIpc) is 2.49. The van der Waals surface area contributed by atoms with E-state index >= 15 is 0 Å². The maximum atomic E-state index is 12.5. The summed E-state index contributed by atoms with van der Waals surface area (Å²) in [7, 11) is 0. The molecule has 2 rings (SSSR count). The van der Waals surface area contributed by atoms with Crippen LogP contribution in [0.25, 0.3) is 0 Å². The number of carbonyl (C=O) groups is 1. The fraction of sp³-hybridized carbons (Fsp3) is 0.600. The normalized spacial score (nSPS) is 21.6. The highest BCUT2D eigenvalue weighted by Gasteiger charge is 2.31. The van der Waals surface area contributed by atoms with Crippen LogP contribution in [0.4, 0.5) is 18.0 Å². The number of nitrogens with one attached hydrogen (secondary N) is 2. The van der Waals surface area contributed by atoms with E-state index in [1.54, 1.807) is 0 Å². The van der Waals surface area contributed by atoms with Crippen molar-refractivity contribution >= 4 is 6.03 Å². The third-order valence-corrected chi connectivity index (χ3v) is 3.70. The number of urea groups is 1. The molecule has 1 aliphatic rings. The number of hydrogen-bond acceptors (Lipinski definition) is 3. The van der Waals surface area contributed by atoms with E-state index < -0.39 is 11.7 Å². The predicted molar refractivity (Wildman–Crippen MR) is 78.1 cm³/mol. The molecule has 0 radical (unpaired) electrons. The quantitative estimate of drug-likeness (QED) is 0.891. The fourth-order valence-corrected chi connectivity index (χ4v) is 2.51. The lowest BCUT2D eigenvalue weighted by Crippen LogP contribution is -2.44. The van der Waals surface area contributed by atoms with E-state index in [-0.39, 0.29) is 24.1 Å². The Morgan fingerprint density at radius 3 is 2.52 bits per heavy atom. The van der Waals surface area contributed by atoms with E-state index in [0.29, 0.717) is 6.54 Å². The Kier molecular flexibility index (Phi) is 5.68. The molecule has 1 saturated carbocycles. The summed E-state index contributed by atoms with van der Waals surface area (Å²) in [4.78, 5) is 15.2. The Morgan fingerprint density at radius 1 is 1.30 bits per heavy atom. The van der Waals surface area contributed by atoms with Gasteiger partial charge in [0.25, 0.3) is 0 Å². The van der Waals surface area contributed by atoms with Crippen LogP contribution < -0.4 is 15.4 Å². The molecule has 1 aliphatic carbocycles. The summed E-state index contributed by atoms with van der Waals surface area (Å²) in [5.74, 6) is 0.193. The number of rotatable bonds is 4. The summed E-state index contributed by atoms with van der Waals surface area (Å²) in [5, 5.41) is 5.56. The summed E-state index contributed by atoms with van der Waals surface area (Å²) in [6, 6.07) is 2.12. The molecule has 0 unspecified atom stereocenters. The van der Waals surface area contributed by atoms with Crippen molar-refractivity contribution in [2.45, 2.75) is 50.9 Å². The van der Waals surface area contributed by atoms with Crippen LogP contribution in [0, 0.1) is 0 Å². The molecule has 0 bridgehead atoms. The first-order chi connectivity index (χ1) is 10.9. The van der Waals surface area contributed by atoms with E-state index in [1.807, 2.05) is 6.92 Å². The molecule has 1 aromatic rings. The molecule has 23 heavy (non-hydrogen) atoms. The highest BCUT2D eigenvalue weighted by atomic mass is 19.4. The largest absolute Gasteiger partial charge is 0.474 e. The minimum Gasteiger partial charge on any atom is -0.474 e. The van der Waals surface area contributed by atoms with Crippen LogP contribution in [0.15, 0.2) is 18.3 Å². The van der Waals surface area contributed by atoms with Gasteiger partial charge in [-0.15, -0.1) is 0 Å². The summed E-state index contributed by atoms with van der Waals surface area (Å²) in [6.07, 6.45) is -0.734. The second-order valence-electron chi connectivity index (χ2n) is 5.48. The number of pyridine rings is 1. The van der Waals surface area contributed by atoms with Gasteiger partial charge in [0.05, 0.1) is 5.56 Å². The van der Waals surface area contributed by atoms with Gasteiger partial charge in [0.15, 0.2) is 0 Å². The number of alkyl halides is 3. The summed E-state index contributed by atoms with van der Waals surface area (Å²) in [5.41, 5.74) is -0.792. The molecule has 128 valence electrons. The Bertz CT molecular complexity index is 512. The second kappa shape index (κ2) is 7.52. The van der Waals surface area contributed by atoms with Crippen molar-refractivity contribution in [3.63, 3.8) is 0 Å². The van der Waals surface area contributed by atoms with Crippen molar-refractivity contribution in [2.24, 2.45) is 0 Å². The first-order valence-corrected chi connectivity index (χ1v) is 7.62. The minimum absolute atomic E-state index is 0.0912. The van der Waals surface area contributed by atoms with E-state index in [4.69, 9.17) is 4.74 Å². The number of hydrogen-bond donors (Lipinski definition) is 2. The number of nitrogens with zero attached hydrogens (tertiary/aromatic N) is 1. The number of aromatic nitrogens is 1. The van der Waals surface area contributed by atoms with Gasteiger partial charge < -0.3 is 15.4 Å². The van der Waals surface area contributed by atoms with Crippen molar-refractivity contribution < 1.29 is 22.7 Å². The van der Waals surface area contributed by atoms with Crippen LogP contribution >= 0.6 is 0 Å². The lowest BCUT2D eigenvalue weighted by molar-refractivity contribution is -0.137. The highest BCUT2D eigenvalue weighted by Crippen LogP contribution is 2.30. The maximum absolute atomic E-state index is 12.5. The molecule has 1 aromatic heterocycles. The van der Waals surface area contributed by atoms with Crippen molar-refractivity contribution in [3.05, 3.63) is 23.9 Å². The van der Waals surface area contributed by atoms with E-state index in [0.717, 1.165) is 37.9 Å². The van der Waals surface area contributed by atoms with E-state index in [9.17, 15) is 18.0 Å². The molecule has 2 N–H and O–H groups in total. The molecule has 0 aromatic carbocycles. The third-order valence-electron chi connectivity index (χ3n) is 3.70. The third kappa shape index (κ3) is 5.30. The van der Waals surface area contributed by atoms with Gasteiger partial charge in [-0.25, -0.2) is 9.78 Å². The Morgan fingerprint density at radius 2 is 2.00 bits per heavy atom. The van der Waals surface area contributed by atoms with E-state index in [1.165, 1.54) is 6.07 Å². The monoisotopic (exact) mass is 331 g/mol. The van der Waals surface area contributed by atoms with E-state index in [2.05, 4.69) is 15.6 Å². The van der Waals surface area contributed by atoms with Crippen LogP contribution in [0.1, 0.15) is 38.2 Å². The molecule has 0 spiro atoms. The molecule has 0 aliphatic heterocycles. The van der Waals surface area contributed by atoms with Crippen molar-refractivity contribution in [1.82, 2.24) is 15.6 Å². The summed E-state index contributed by atoms with van der Waals surface area (Å²) in [6.45, 7) is 2.42. The van der Waals surface area contributed by atoms with Gasteiger partial charge in [-0.3, -0.25) is 0 Å². The van der Waals surface area contributed by atoms with Crippen molar-refractivity contribution in [2.75, 3.05) is 6.54 Å². The topological polar surface area (TPSA) is 63.2 Å². The van der Waals surface area contributed by atoms with Gasteiger partial charge in [-0.1, -0.05) is 0 Å². The van der Waals surface area contributed by atoms with Crippen LogP contribution in [0.5, 0.6) is 5.88 Å². The van der Waals surface area contributed by atoms with Crippen molar-refractivity contribution in [3.8, 4) is 5.88 Å². The first-order valence-electron chi connectivity index (χ1n) is 7.62. The lowest BCUT2D eigenvalue weighted by Gasteiger charge is -2.29. The number of carbonyl (C=O) groups excluding carboxylic acids is 1. The van der Waals surface area contributed by atoms with Crippen LogP contribution in [0.3, 0.4) is 0 Å². The Labute approximate surface area is 132 Å². The minimum atomic E-state index is -4.39. The molecule has 1 fully saturated rings. The molecular formula is C15H20F3N3O2. The van der Waals surface area contributed by atoms with Crippen LogP contribution in [-0.4, -0.2) is 29.7 Å². The van der Waals surface area contributed by atoms with Gasteiger partial charge >= 0.3 is 12.2 Å². The highest BCUT2D eigenvalue weighted by molar-refractivity contribution is 5.74. The molecule has 2 amide bonds. The fourth-order valence-electron chi connectivity index (χ4n) is 2.51. The van der Waals surface area contributed by atoms with Crippen LogP contribution in [-0.2, 0) is 6.18 Å². The SMILES string of the molecule is CCNC(=O)NC1CCC(Oc2ccc(C(F)(F)F)cn2)CC1. The zero-order valence-electron chi connectivity index (χ0n) is 12.8. The Hall–Kier alpha value is -1.99. The predicted octanol–water partition coefficient (Wildman–Crippen LogP) is 3.11. The molecular weight excluding hydrogens is 311 g/mol.